The first-order valence-corrected chi connectivity index (χ1v) is 20.5. The van der Waals surface area contributed by atoms with Crippen LogP contribution >= 0.6 is 11.3 Å². The molecule has 1 heterocycles. The van der Waals surface area contributed by atoms with Crippen LogP contribution in [0.2, 0.25) is 0 Å². The first-order chi connectivity index (χ1) is 27.5. The van der Waals surface area contributed by atoms with Crippen molar-refractivity contribution in [1.82, 2.24) is 0 Å². The molecule has 56 heavy (non-hydrogen) atoms. The largest absolute Gasteiger partial charge is 0.144 e. The van der Waals surface area contributed by atoms with Crippen molar-refractivity contribution in [2.45, 2.75) is 19.3 Å². The van der Waals surface area contributed by atoms with Crippen LogP contribution < -0.4 is 0 Å². The van der Waals surface area contributed by atoms with Crippen LogP contribution in [0, 0.1) is 0 Å². The number of hydrogen-bond donors (Lipinski definition) is 0. The average molecular weight is 729 g/mol. The minimum absolute atomic E-state index is 0.165. The molecule has 0 bridgehead atoms. The van der Waals surface area contributed by atoms with Gasteiger partial charge >= 0.3 is 0 Å². The van der Waals surface area contributed by atoms with Crippen molar-refractivity contribution in [2.24, 2.45) is 0 Å². The van der Waals surface area contributed by atoms with Crippen LogP contribution in [0.5, 0.6) is 0 Å². The van der Waals surface area contributed by atoms with Gasteiger partial charge < -0.3 is 0 Å². The maximum Gasteiger partial charge on any atom is 0.0342 e. The summed E-state index contributed by atoms with van der Waals surface area (Å²) in [5, 5.41) is 17.7. The highest BCUT2D eigenvalue weighted by molar-refractivity contribution is 7.13. The van der Waals surface area contributed by atoms with Crippen molar-refractivity contribution in [3.8, 4) is 43.8 Å². The van der Waals surface area contributed by atoms with E-state index in [0.29, 0.717) is 0 Å². The molecule has 0 atom stereocenters. The third-order valence-corrected chi connectivity index (χ3v) is 13.6. The summed E-state index contributed by atoms with van der Waals surface area (Å²) in [6, 6.07) is 66.4. The number of rotatable bonds is 3. The van der Waals surface area contributed by atoms with Crippen LogP contribution in [0.15, 0.2) is 181 Å². The highest BCUT2D eigenvalue weighted by Crippen LogP contribution is 2.53. The van der Waals surface area contributed by atoms with Crippen LogP contribution in [-0.2, 0) is 5.41 Å². The molecular weight excluding hydrogens is 693 g/mol. The lowest BCUT2D eigenvalue weighted by molar-refractivity contribution is 0.661. The molecule has 0 spiro atoms. The van der Waals surface area contributed by atoms with E-state index in [1.807, 2.05) is 0 Å². The Morgan fingerprint density at radius 1 is 0.339 bits per heavy atom. The van der Waals surface area contributed by atoms with Gasteiger partial charge in [-0.15, -0.1) is 11.3 Å². The maximum atomic E-state index is 2.51. The number of fused-ring (bicyclic) bond motifs is 12. The molecule has 262 valence electrons. The monoisotopic (exact) mass is 728 g/mol. The summed E-state index contributed by atoms with van der Waals surface area (Å²) in [7, 11) is 0. The predicted molar refractivity (Wildman–Crippen MR) is 243 cm³/mol. The van der Waals surface area contributed by atoms with Gasteiger partial charge in [-0.05, 0) is 156 Å². The normalized spacial score (nSPS) is 13.3. The smallest absolute Gasteiger partial charge is 0.0342 e. The second-order valence-electron chi connectivity index (χ2n) is 16.0. The van der Waals surface area contributed by atoms with Gasteiger partial charge in [-0.1, -0.05) is 153 Å². The van der Waals surface area contributed by atoms with Gasteiger partial charge in [0, 0.05) is 10.3 Å². The average Bonchev–Trinajstić information content (AvgIpc) is 3.87. The lowest BCUT2D eigenvalue weighted by atomic mass is 9.79. The quantitative estimate of drug-likeness (QED) is 0.126. The molecule has 11 aromatic rings. The highest BCUT2D eigenvalue weighted by Gasteiger charge is 2.36. The van der Waals surface area contributed by atoms with Crippen molar-refractivity contribution in [1.29, 1.82) is 0 Å². The molecule has 0 fully saturated rings. The molecule has 0 unspecified atom stereocenters. The summed E-state index contributed by atoms with van der Waals surface area (Å²) < 4.78 is 0. The zero-order valence-corrected chi connectivity index (χ0v) is 32.0. The Morgan fingerprint density at radius 3 is 1.34 bits per heavy atom. The second-order valence-corrected chi connectivity index (χ2v) is 17.0. The summed E-state index contributed by atoms with van der Waals surface area (Å²) in [6.45, 7) is 4.83. The molecule has 0 saturated carbocycles. The van der Waals surface area contributed by atoms with Gasteiger partial charge in [-0.25, -0.2) is 0 Å². The van der Waals surface area contributed by atoms with E-state index in [1.165, 1.54) is 120 Å². The molecule has 0 radical (unpaired) electrons. The van der Waals surface area contributed by atoms with E-state index >= 15 is 0 Å². The third kappa shape index (κ3) is 4.47. The molecule has 10 aromatic carbocycles. The lowest BCUT2D eigenvalue weighted by Gasteiger charge is -2.23. The molecule has 0 saturated heterocycles. The molecule has 1 aliphatic rings. The van der Waals surface area contributed by atoms with Crippen molar-refractivity contribution in [3.63, 3.8) is 0 Å². The molecule has 1 heteroatoms. The SMILES string of the molecule is CC1(C)c2cc(-c3c4ccccc4c(-c4ccc5cc(-c6cccs6)ccc5c4)c4ccccc34)ccc2-c2cc3c4ccccc4c4ccccc4c3cc21. The number of hydrogen-bond acceptors (Lipinski definition) is 1. The van der Waals surface area contributed by atoms with Gasteiger partial charge in [0.1, 0.15) is 0 Å². The Hall–Kier alpha value is -6.54. The molecule has 1 aromatic heterocycles. The van der Waals surface area contributed by atoms with E-state index in [9.17, 15) is 0 Å². The summed E-state index contributed by atoms with van der Waals surface area (Å²) in [5.41, 5.74) is 11.7. The van der Waals surface area contributed by atoms with Gasteiger partial charge in [0.25, 0.3) is 0 Å². The minimum Gasteiger partial charge on any atom is -0.144 e. The Morgan fingerprint density at radius 2 is 0.786 bits per heavy atom. The summed E-state index contributed by atoms with van der Waals surface area (Å²) in [4.78, 5) is 1.30. The summed E-state index contributed by atoms with van der Waals surface area (Å²) >= 11 is 1.79. The predicted octanol–water partition coefficient (Wildman–Crippen LogP) is 16.0. The van der Waals surface area contributed by atoms with Gasteiger partial charge in [0.05, 0.1) is 0 Å². The zero-order chi connectivity index (χ0) is 37.1. The topological polar surface area (TPSA) is 0 Å². The minimum atomic E-state index is -0.165. The van der Waals surface area contributed by atoms with Crippen LogP contribution in [0.4, 0.5) is 0 Å². The van der Waals surface area contributed by atoms with E-state index in [1.54, 1.807) is 11.3 Å². The Kier molecular flexibility index (Phi) is 6.66. The van der Waals surface area contributed by atoms with E-state index in [4.69, 9.17) is 0 Å². The Balaban J connectivity index is 1.06. The fourth-order valence-corrected chi connectivity index (χ4v) is 10.8. The fraction of sp³-hybridized carbons (Fsp3) is 0.0545. The standard InChI is InChI=1S/C55H36S/c1-55(2)50-30-37(25-26-42(50)49-31-47-40-14-5-3-12-38(40)39-13-4-6-15-41(39)48(47)32-51(49)55)54-45-18-9-7-16-43(45)53(44-17-8-10-19-46(44)54)36-24-22-33-28-35(23-21-34(33)29-36)52-20-11-27-56-52/h3-32H,1-2H3. The number of benzene rings is 10. The van der Waals surface area contributed by atoms with Gasteiger partial charge in [-0.2, -0.15) is 0 Å². The van der Waals surface area contributed by atoms with Crippen molar-refractivity contribution in [2.75, 3.05) is 0 Å². The van der Waals surface area contributed by atoms with Crippen LogP contribution in [0.1, 0.15) is 25.0 Å². The van der Waals surface area contributed by atoms with E-state index in [-0.39, 0.29) is 5.41 Å². The van der Waals surface area contributed by atoms with Crippen LogP contribution in [0.3, 0.4) is 0 Å². The van der Waals surface area contributed by atoms with Crippen LogP contribution in [0.25, 0.3) is 108 Å². The van der Waals surface area contributed by atoms with Crippen molar-refractivity contribution >= 4 is 76.0 Å². The number of thiophene rings is 1. The first-order valence-electron chi connectivity index (χ1n) is 19.6. The van der Waals surface area contributed by atoms with E-state index < -0.39 is 0 Å². The molecule has 0 aliphatic heterocycles. The molecule has 12 rings (SSSR count). The summed E-state index contributed by atoms with van der Waals surface area (Å²) in [5.74, 6) is 0. The molecule has 0 N–H and O–H groups in total. The van der Waals surface area contributed by atoms with Gasteiger partial charge in [0.2, 0.25) is 0 Å². The molecule has 0 nitrogen and oxygen atoms in total. The maximum absolute atomic E-state index is 2.51. The Bertz CT molecular complexity index is 3380. The van der Waals surface area contributed by atoms with Crippen molar-refractivity contribution in [3.05, 3.63) is 192 Å². The zero-order valence-electron chi connectivity index (χ0n) is 31.2. The van der Waals surface area contributed by atoms with Gasteiger partial charge in [-0.3, -0.25) is 0 Å². The highest BCUT2D eigenvalue weighted by atomic mass is 32.1. The first kappa shape index (κ1) is 31.8. The van der Waals surface area contributed by atoms with Crippen molar-refractivity contribution < 1.29 is 0 Å². The van der Waals surface area contributed by atoms with E-state index in [0.717, 1.165) is 0 Å². The van der Waals surface area contributed by atoms with Gasteiger partial charge in [0.15, 0.2) is 0 Å². The lowest BCUT2D eigenvalue weighted by Crippen LogP contribution is -2.15. The third-order valence-electron chi connectivity index (χ3n) is 12.7. The van der Waals surface area contributed by atoms with E-state index in [2.05, 4.69) is 195 Å². The fourth-order valence-electron chi connectivity index (χ4n) is 10.0. The second kappa shape index (κ2) is 11.7. The van der Waals surface area contributed by atoms with Crippen LogP contribution in [-0.4, -0.2) is 0 Å². The Labute approximate surface area is 329 Å². The molecule has 0 amide bonds. The summed E-state index contributed by atoms with van der Waals surface area (Å²) in [6.07, 6.45) is 0. The molecular formula is C55H36S. The molecule has 1 aliphatic carbocycles.